The lowest BCUT2D eigenvalue weighted by atomic mass is 10.1. The molecule has 0 bridgehead atoms. The van der Waals surface area contributed by atoms with Gasteiger partial charge in [0.25, 0.3) is 0 Å². The van der Waals surface area contributed by atoms with Crippen molar-refractivity contribution in [3.63, 3.8) is 0 Å². The molecule has 136 valence electrons. The van der Waals surface area contributed by atoms with Crippen LogP contribution in [0.25, 0.3) is 11.4 Å². The number of hydrogen-bond donors (Lipinski definition) is 0. The Balaban J connectivity index is 1.92. The van der Waals surface area contributed by atoms with E-state index in [0.29, 0.717) is 6.42 Å². The van der Waals surface area contributed by atoms with E-state index in [0.717, 1.165) is 39.6 Å². The third-order valence-electron chi connectivity index (χ3n) is 5.06. The Kier molecular flexibility index (Phi) is 5.14. The molecule has 0 amide bonds. The molecule has 0 aliphatic heterocycles. The fourth-order valence-electron chi connectivity index (χ4n) is 3.11. The molecule has 2 aromatic carbocycles. The van der Waals surface area contributed by atoms with E-state index in [1.165, 1.54) is 5.56 Å². The van der Waals surface area contributed by atoms with Crippen molar-refractivity contribution in [3.8, 4) is 11.8 Å². The van der Waals surface area contributed by atoms with Crippen LogP contribution in [0.15, 0.2) is 55.1 Å². The van der Waals surface area contributed by atoms with Gasteiger partial charge in [0.15, 0.2) is 0 Å². The van der Waals surface area contributed by atoms with Crippen LogP contribution >= 0.6 is 0 Å². The maximum Gasteiger partial charge on any atom is 0.0669 e. The zero-order valence-corrected chi connectivity index (χ0v) is 16.3. The molecule has 0 fully saturated rings. The van der Waals surface area contributed by atoms with Gasteiger partial charge in [-0.1, -0.05) is 30.8 Å². The normalized spacial score (nSPS) is 10.5. The first-order valence-corrected chi connectivity index (χ1v) is 8.94. The number of hydrogen-bond acceptors (Lipinski definition) is 3. The van der Waals surface area contributed by atoms with Crippen LogP contribution in [0.4, 0.5) is 5.69 Å². The summed E-state index contributed by atoms with van der Waals surface area (Å²) >= 11 is 0. The largest absolute Gasteiger partial charge is 0.345 e. The van der Waals surface area contributed by atoms with E-state index in [4.69, 9.17) is 5.26 Å². The molecule has 0 atom stereocenters. The topological polar surface area (TPSA) is 44.9 Å². The van der Waals surface area contributed by atoms with Gasteiger partial charge in [-0.15, -0.1) is 0 Å². The summed E-state index contributed by atoms with van der Waals surface area (Å²) in [4.78, 5) is 2.05. The Morgan fingerprint density at radius 2 is 1.89 bits per heavy atom. The first-order valence-electron chi connectivity index (χ1n) is 8.94. The lowest BCUT2D eigenvalue weighted by Gasteiger charge is -2.23. The summed E-state index contributed by atoms with van der Waals surface area (Å²) in [5, 5.41) is 13.6. The minimum Gasteiger partial charge on any atom is -0.345 e. The molecule has 4 nitrogen and oxygen atoms in total. The molecule has 0 saturated carbocycles. The van der Waals surface area contributed by atoms with E-state index in [1.54, 1.807) is 0 Å². The first-order chi connectivity index (χ1) is 12.9. The minimum absolute atomic E-state index is 0.404. The van der Waals surface area contributed by atoms with Crippen molar-refractivity contribution >= 4 is 11.4 Å². The predicted octanol–water partition coefficient (Wildman–Crippen LogP) is 4.97. The Morgan fingerprint density at radius 3 is 2.56 bits per heavy atom. The number of nitriles is 1. The van der Waals surface area contributed by atoms with E-state index >= 15 is 0 Å². The van der Waals surface area contributed by atoms with Crippen LogP contribution < -0.4 is 4.90 Å². The second-order valence-corrected chi connectivity index (χ2v) is 6.77. The fraction of sp³-hybridized carbons (Fsp3) is 0.217. The van der Waals surface area contributed by atoms with Crippen LogP contribution in [0.3, 0.4) is 0 Å². The van der Waals surface area contributed by atoms with Crippen LogP contribution in [0.2, 0.25) is 0 Å². The van der Waals surface area contributed by atoms with Crippen molar-refractivity contribution < 1.29 is 0 Å². The molecule has 0 aliphatic rings. The highest BCUT2D eigenvalue weighted by Gasteiger charge is 2.12. The number of aryl methyl sites for hydroxylation is 1. The summed E-state index contributed by atoms with van der Waals surface area (Å²) in [6.07, 6.45) is 0.404. The Hall–Kier alpha value is -3.32. The van der Waals surface area contributed by atoms with Gasteiger partial charge in [0, 0.05) is 24.1 Å². The van der Waals surface area contributed by atoms with Gasteiger partial charge in [-0.25, -0.2) is 4.68 Å². The first kappa shape index (κ1) is 18.5. The highest BCUT2D eigenvalue weighted by atomic mass is 15.3. The van der Waals surface area contributed by atoms with Crippen molar-refractivity contribution in [3.05, 3.63) is 83.2 Å². The van der Waals surface area contributed by atoms with Gasteiger partial charge >= 0.3 is 0 Å². The smallest absolute Gasteiger partial charge is 0.0669 e. The minimum atomic E-state index is 0.404. The molecule has 27 heavy (non-hydrogen) atoms. The molecule has 1 aromatic heterocycles. The maximum absolute atomic E-state index is 8.93. The Labute approximate surface area is 161 Å². The van der Waals surface area contributed by atoms with Crippen molar-refractivity contribution in [2.45, 2.75) is 27.2 Å². The highest BCUT2D eigenvalue weighted by Crippen LogP contribution is 2.26. The summed E-state index contributed by atoms with van der Waals surface area (Å²) in [6, 6.07) is 18.4. The van der Waals surface area contributed by atoms with Crippen molar-refractivity contribution in [2.75, 3.05) is 11.9 Å². The third kappa shape index (κ3) is 3.63. The van der Waals surface area contributed by atoms with Gasteiger partial charge < -0.3 is 4.90 Å². The summed E-state index contributed by atoms with van der Waals surface area (Å²) in [5.74, 6) is 0. The number of aromatic nitrogens is 2. The average Bonchev–Trinajstić information content (AvgIpc) is 2.95. The molecule has 0 radical (unpaired) electrons. The third-order valence-corrected chi connectivity index (χ3v) is 5.06. The summed E-state index contributed by atoms with van der Waals surface area (Å²) in [7, 11) is 1.99. The summed E-state index contributed by atoms with van der Waals surface area (Å²) in [5.41, 5.74) is 8.37. The quantitative estimate of drug-likeness (QED) is 0.648. The maximum atomic E-state index is 8.93. The van der Waals surface area contributed by atoms with Crippen molar-refractivity contribution in [1.82, 2.24) is 9.78 Å². The van der Waals surface area contributed by atoms with Gasteiger partial charge in [-0.2, -0.15) is 10.4 Å². The summed E-state index contributed by atoms with van der Waals surface area (Å²) < 4.78 is 1.98. The molecule has 0 saturated heterocycles. The molecule has 0 aliphatic carbocycles. The van der Waals surface area contributed by atoms with Gasteiger partial charge in [0.2, 0.25) is 0 Å². The van der Waals surface area contributed by atoms with Crippen LogP contribution in [0.1, 0.15) is 28.1 Å². The van der Waals surface area contributed by atoms with Crippen LogP contribution in [0.5, 0.6) is 0 Å². The standard InChI is InChI=1S/C23H24N4/c1-16-17(2)25-27(18(16)3)23-11-7-9-21(15-23)19(4)26(5)22-10-6-8-20(14-22)12-13-24/h6-11,14-15H,4,12H2,1-3,5H3. The summed E-state index contributed by atoms with van der Waals surface area (Å²) in [6.45, 7) is 10.5. The van der Waals surface area contributed by atoms with Gasteiger partial charge in [0.05, 0.1) is 23.9 Å². The van der Waals surface area contributed by atoms with Crippen LogP contribution in [0, 0.1) is 32.1 Å². The van der Waals surface area contributed by atoms with Gasteiger partial charge in [0.1, 0.15) is 0 Å². The average molecular weight is 356 g/mol. The number of rotatable bonds is 5. The number of benzene rings is 2. The molecule has 0 spiro atoms. The Morgan fingerprint density at radius 1 is 1.15 bits per heavy atom. The second kappa shape index (κ2) is 7.51. The van der Waals surface area contributed by atoms with Crippen molar-refractivity contribution in [2.24, 2.45) is 0 Å². The van der Waals surface area contributed by atoms with Crippen molar-refractivity contribution in [1.29, 1.82) is 5.26 Å². The van der Waals surface area contributed by atoms with E-state index in [-0.39, 0.29) is 0 Å². The van der Waals surface area contributed by atoms with E-state index in [2.05, 4.69) is 49.8 Å². The lowest BCUT2D eigenvalue weighted by molar-refractivity contribution is 0.832. The monoisotopic (exact) mass is 356 g/mol. The molecule has 3 rings (SSSR count). The predicted molar refractivity (Wildman–Crippen MR) is 111 cm³/mol. The SMILES string of the molecule is C=C(c1cccc(-n2nc(C)c(C)c2C)c1)N(C)c1cccc(CC#N)c1. The number of nitrogens with zero attached hydrogens (tertiary/aromatic N) is 4. The zero-order valence-electron chi connectivity index (χ0n) is 16.3. The highest BCUT2D eigenvalue weighted by molar-refractivity contribution is 5.78. The van der Waals surface area contributed by atoms with E-state index < -0.39 is 0 Å². The lowest BCUT2D eigenvalue weighted by Crippen LogP contribution is -2.15. The zero-order chi connectivity index (χ0) is 19.6. The molecule has 0 unspecified atom stereocenters. The molecule has 3 aromatic rings. The molecular formula is C23H24N4. The van der Waals surface area contributed by atoms with E-state index in [9.17, 15) is 0 Å². The molecule has 0 N–H and O–H groups in total. The number of anilines is 1. The molecular weight excluding hydrogens is 332 g/mol. The molecule has 4 heteroatoms. The Bertz CT molecular complexity index is 1040. The van der Waals surface area contributed by atoms with Gasteiger partial charge in [-0.3, -0.25) is 0 Å². The molecule has 1 heterocycles. The van der Waals surface area contributed by atoms with Crippen LogP contribution in [-0.4, -0.2) is 16.8 Å². The fourth-order valence-corrected chi connectivity index (χ4v) is 3.11. The second-order valence-electron chi connectivity index (χ2n) is 6.77. The van der Waals surface area contributed by atoms with Gasteiger partial charge in [-0.05, 0) is 61.7 Å². The van der Waals surface area contributed by atoms with E-state index in [1.807, 2.05) is 53.9 Å². The van der Waals surface area contributed by atoms with Crippen LogP contribution in [-0.2, 0) is 6.42 Å².